The maximum absolute atomic E-state index is 12.8. The van der Waals surface area contributed by atoms with Crippen LogP contribution in [0.1, 0.15) is 12.0 Å². The number of carbonyl (C=O) groups is 1. The van der Waals surface area contributed by atoms with Crippen LogP contribution in [0.5, 0.6) is 0 Å². The van der Waals surface area contributed by atoms with Crippen molar-refractivity contribution in [2.45, 2.75) is 19.0 Å². The van der Waals surface area contributed by atoms with E-state index in [0.717, 1.165) is 5.56 Å². The van der Waals surface area contributed by atoms with E-state index in [4.69, 9.17) is 4.74 Å². The minimum atomic E-state index is -0.261. The molecular formula is C11H12FNO2. The Morgan fingerprint density at radius 2 is 2.40 bits per heavy atom. The Hall–Kier alpha value is -1.42. The topological polar surface area (TPSA) is 38.3 Å². The van der Waals surface area contributed by atoms with Gasteiger partial charge in [0.05, 0.1) is 6.61 Å². The highest BCUT2D eigenvalue weighted by atomic mass is 19.1. The SMILES string of the molecule is O=C1OCCC1NCc1cccc(F)c1. The number of benzene rings is 1. The monoisotopic (exact) mass is 209 g/mol. The number of carbonyl (C=O) groups excluding carboxylic acids is 1. The van der Waals surface area contributed by atoms with Gasteiger partial charge in [0.15, 0.2) is 0 Å². The second-order valence-corrected chi connectivity index (χ2v) is 3.52. The number of hydrogen-bond acceptors (Lipinski definition) is 3. The van der Waals surface area contributed by atoms with Gasteiger partial charge in [-0.1, -0.05) is 12.1 Å². The summed E-state index contributed by atoms with van der Waals surface area (Å²) >= 11 is 0. The standard InChI is InChI=1S/C11H12FNO2/c12-9-3-1-2-8(6-9)7-13-10-4-5-15-11(10)14/h1-3,6,10,13H,4-5,7H2. The Morgan fingerprint density at radius 1 is 1.53 bits per heavy atom. The van der Waals surface area contributed by atoms with Crippen molar-refractivity contribution in [3.8, 4) is 0 Å². The van der Waals surface area contributed by atoms with Gasteiger partial charge >= 0.3 is 5.97 Å². The average molecular weight is 209 g/mol. The molecule has 15 heavy (non-hydrogen) atoms. The van der Waals surface area contributed by atoms with Crippen LogP contribution in [0.4, 0.5) is 4.39 Å². The largest absolute Gasteiger partial charge is 0.464 e. The van der Waals surface area contributed by atoms with Crippen LogP contribution in [0.15, 0.2) is 24.3 Å². The molecule has 1 heterocycles. The minimum Gasteiger partial charge on any atom is -0.464 e. The molecule has 1 N–H and O–H groups in total. The van der Waals surface area contributed by atoms with Crippen LogP contribution in [-0.2, 0) is 16.1 Å². The Bertz CT molecular complexity index is 367. The van der Waals surface area contributed by atoms with E-state index in [1.54, 1.807) is 6.07 Å². The van der Waals surface area contributed by atoms with Crippen LogP contribution in [0.2, 0.25) is 0 Å². The van der Waals surface area contributed by atoms with E-state index in [9.17, 15) is 9.18 Å². The quantitative estimate of drug-likeness (QED) is 0.761. The van der Waals surface area contributed by atoms with Gasteiger partial charge in [0, 0.05) is 13.0 Å². The lowest BCUT2D eigenvalue weighted by atomic mass is 10.2. The summed E-state index contributed by atoms with van der Waals surface area (Å²) < 4.78 is 17.6. The van der Waals surface area contributed by atoms with Crippen molar-refractivity contribution in [3.05, 3.63) is 35.6 Å². The third-order valence-corrected chi connectivity index (χ3v) is 2.38. The van der Waals surface area contributed by atoms with Crippen LogP contribution in [0.3, 0.4) is 0 Å². The Kier molecular flexibility index (Phi) is 2.97. The van der Waals surface area contributed by atoms with Crippen molar-refractivity contribution in [2.24, 2.45) is 0 Å². The normalized spacial score (nSPS) is 20.3. The molecule has 1 aromatic rings. The molecule has 1 fully saturated rings. The number of rotatable bonds is 3. The fourth-order valence-electron chi connectivity index (χ4n) is 1.57. The first kappa shape index (κ1) is 10.1. The third kappa shape index (κ3) is 2.53. The molecule has 80 valence electrons. The Labute approximate surface area is 87.2 Å². The van der Waals surface area contributed by atoms with Gasteiger partial charge in [-0.25, -0.2) is 4.39 Å². The molecule has 1 atom stereocenters. The number of ether oxygens (including phenoxy) is 1. The lowest BCUT2D eigenvalue weighted by Crippen LogP contribution is -2.32. The lowest BCUT2D eigenvalue weighted by Gasteiger charge is -2.08. The fourth-order valence-corrected chi connectivity index (χ4v) is 1.57. The zero-order chi connectivity index (χ0) is 10.7. The van der Waals surface area contributed by atoms with Gasteiger partial charge in [-0.05, 0) is 17.7 Å². The first-order valence-electron chi connectivity index (χ1n) is 4.90. The molecule has 2 rings (SSSR count). The fraction of sp³-hybridized carbons (Fsp3) is 0.364. The summed E-state index contributed by atoms with van der Waals surface area (Å²) in [5.74, 6) is -0.477. The molecule has 0 spiro atoms. The average Bonchev–Trinajstić information content (AvgIpc) is 2.61. The van der Waals surface area contributed by atoms with Crippen LogP contribution >= 0.6 is 0 Å². The molecule has 1 aliphatic rings. The molecule has 0 aromatic heterocycles. The van der Waals surface area contributed by atoms with Gasteiger partial charge in [-0.15, -0.1) is 0 Å². The minimum absolute atomic E-state index is 0.216. The maximum Gasteiger partial charge on any atom is 0.323 e. The van der Waals surface area contributed by atoms with Gasteiger partial charge < -0.3 is 10.1 Å². The van der Waals surface area contributed by atoms with Crippen LogP contribution in [0, 0.1) is 5.82 Å². The molecule has 3 nitrogen and oxygen atoms in total. The van der Waals surface area contributed by atoms with Crippen molar-refractivity contribution in [3.63, 3.8) is 0 Å². The van der Waals surface area contributed by atoms with E-state index in [1.807, 2.05) is 6.07 Å². The number of halogens is 1. The molecule has 1 unspecified atom stereocenters. The van der Waals surface area contributed by atoms with Crippen molar-refractivity contribution >= 4 is 5.97 Å². The second-order valence-electron chi connectivity index (χ2n) is 3.52. The summed E-state index contributed by atoms with van der Waals surface area (Å²) in [5, 5.41) is 3.03. The van der Waals surface area contributed by atoms with Crippen molar-refractivity contribution in [1.82, 2.24) is 5.32 Å². The van der Waals surface area contributed by atoms with Crippen molar-refractivity contribution in [1.29, 1.82) is 0 Å². The number of hydrogen-bond donors (Lipinski definition) is 1. The summed E-state index contributed by atoms with van der Waals surface area (Å²) in [6.45, 7) is 0.956. The van der Waals surface area contributed by atoms with E-state index in [0.29, 0.717) is 19.6 Å². The highest BCUT2D eigenvalue weighted by Crippen LogP contribution is 2.08. The number of cyclic esters (lactones) is 1. The molecule has 0 aliphatic carbocycles. The summed E-state index contributed by atoms with van der Waals surface area (Å²) in [5.41, 5.74) is 0.828. The van der Waals surface area contributed by atoms with Crippen LogP contribution in [-0.4, -0.2) is 18.6 Å². The molecule has 0 amide bonds. The van der Waals surface area contributed by atoms with E-state index >= 15 is 0 Å². The molecule has 0 saturated carbocycles. The highest BCUT2D eigenvalue weighted by Gasteiger charge is 2.25. The van der Waals surface area contributed by atoms with Gasteiger partial charge in [-0.3, -0.25) is 4.79 Å². The zero-order valence-electron chi connectivity index (χ0n) is 8.20. The van der Waals surface area contributed by atoms with Gasteiger partial charge in [0.1, 0.15) is 11.9 Å². The van der Waals surface area contributed by atoms with Crippen LogP contribution < -0.4 is 5.32 Å². The second kappa shape index (κ2) is 4.40. The Balaban J connectivity index is 1.90. The maximum atomic E-state index is 12.8. The summed E-state index contributed by atoms with van der Waals surface area (Å²) in [6, 6.07) is 6.07. The molecular weight excluding hydrogens is 197 g/mol. The van der Waals surface area contributed by atoms with E-state index in [2.05, 4.69) is 5.32 Å². The third-order valence-electron chi connectivity index (χ3n) is 2.38. The van der Waals surface area contributed by atoms with E-state index in [-0.39, 0.29) is 17.8 Å². The van der Waals surface area contributed by atoms with Crippen LogP contribution in [0.25, 0.3) is 0 Å². The smallest absolute Gasteiger partial charge is 0.323 e. The van der Waals surface area contributed by atoms with Gasteiger partial charge in [0.25, 0.3) is 0 Å². The van der Waals surface area contributed by atoms with E-state index < -0.39 is 0 Å². The first-order valence-corrected chi connectivity index (χ1v) is 4.90. The lowest BCUT2D eigenvalue weighted by molar-refractivity contribution is -0.139. The number of nitrogens with one attached hydrogen (secondary N) is 1. The Morgan fingerprint density at radius 3 is 3.07 bits per heavy atom. The summed E-state index contributed by atoms with van der Waals surface area (Å²) in [6.07, 6.45) is 0.689. The molecule has 1 saturated heterocycles. The molecule has 1 aliphatic heterocycles. The predicted octanol–water partition coefficient (Wildman–Crippen LogP) is 1.23. The first-order chi connectivity index (χ1) is 7.25. The van der Waals surface area contributed by atoms with Crippen molar-refractivity contribution in [2.75, 3.05) is 6.61 Å². The summed E-state index contributed by atoms with van der Waals surface area (Å²) in [7, 11) is 0. The molecule has 0 bridgehead atoms. The summed E-state index contributed by atoms with van der Waals surface area (Å²) in [4.78, 5) is 11.1. The highest BCUT2D eigenvalue weighted by molar-refractivity contribution is 5.77. The molecule has 0 radical (unpaired) electrons. The zero-order valence-corrected chi connectivity index (χ0v) is 8.20. The predicted molar refractivity (Wildman–Crippen MR) is 52.6 cm³/mol. The number of esters is 1. The van der Waals surface area contributed by atoms with Gasteiger partial charge in [0.2, 0.25) is 0 Å². The van der Waals surface area contributed by atoms with Gasteiger partial charge in [-0.2, -0.15) is 0 Å². The van der Waals surface area contributed by atoms with Crippen molar-refractivity contribution < 1.29 is 13.9 Å². The molecule has 4 heteroatoms. The molecule has 1 aromatic carbocycles. The van der Waals surface area contributed by atoms with E-state index in [1.165, 1.54) is 12.1 Å².